The van der Waals surface area contributed by atoms with Crippen LogP contribution >= 0.6 is 0 Å². The Morgan fingerprint density at radius 2 is 1.79 bits per heavy atom. The van der Waals surface area contributed by atoms with Crippen LogP contribution in [0.4, 0.5) is 10.5 Å². The first-order chi connectivity index (χ1) is 16.3. The van der Waals surface area contributed by atoms with E-state index in [1.54, 1.807) is 29.2 Å². The Kier molecular flexibility index (Phi) is 7.50. The molecule has 1 aromatic carbocycles. The Morgan fingerprint density at radius 1 is 1.09 bits per heavy atom. The predicted octanol–water partition coefficient (Wildman–Crippen LogP) is 2.47. The highest BCUT2D eigenvalue weighted by Gasteiger charge is 2.38. The molecule has 184 valence electrons. The lowest BCUT2D eigenvalue weighted by Crippen LogP contribution is -2.53. The molecule has 0 spiro atoms. The van der Waals surface area contributed by atoms with Gasteiger partial charge in [0.25, 0.3) is 5.91 Å². The molecule has 3 fully saturated rings. The molecular formula is C25H34N4O5. The number of rotatable bonds is 7. The zero-order valence-corrected chi connectivity index (χ0v) is 19.7. The van der Waals surface area contributed by atoms with Crippen LogP contribution in [-0.2, 0) is 14.3 Å². The van der Waals surface area contributed by atoms with Gasteiger partial charge in [-0.15, -0.1) is 0 Å². The summed E-state index contributed by atoms with van der Waals surface area (Å²) in [6, 6.07) is 5.10. The van der Waals surface area contributed by atoms with Gasteiger partial charge in [-0.25, -0.2) is 4.79 Å². The number of ketones is 1. The Hall–Kier alpha value is -2.94. The molecule has 34 heavy (non-hydrogen) atoms. The summed E-state index contributed by atoms with van der Waals surface area (Å²) in [6.07, 6.45) is 6.81. The van der Waals surface area contributed by atoms with Crippen LogP contribution < -0.4 is 16.0 Å². The number of piperidine rings is 1. The van der Waals surface area contributed by atoms with E-state index in [-0.39, 0.29) is 42.3 Å². The summed E-state index contributed by atoms with van der Waals surface area (Å²) >= 11 is 0. The summed E-state index contributed by atoms with van der Waals surface area (Å²) in [6.45, 7) is 3.79. The van der Waals surface area contributed by atoms with Crippen molar-refractivity contribution in [2.24, 2.45) is 5.41 Å². The van der Waals surface area contributed by atoms with Gasteiger partial charge < -0.3 is 25.6 Å². The molecule has 2 aliphatic heterocycles. The topological polar surface area (TPSA) is 117 Å². The van der Waals surface area contributed by atoms with Crippen LogP contribution in [0.25, 0.3) is 0 Å². The number of carbonyl (C=O) groups is 4. The van der Waals surface area contributed by atoms with Crippen LogP contribution in [0, 0.1) is 5.41 Å². The molecule has 4 amide bonds. The van der Waals surface area contributed by atoms with Gasteiger partial charge in [0, 0.05) is 24.3 Å². The highest BCUT2D eigenvalue weighted by Crippen LogP contribution is 2.44. The molecule has 9 heteroatoms. The van der Waals surface area contributed by atoms with Crippen molar-refractivity contribution in [2.75, 3.05) is 31.6 Å². The van der Waals surface area contributed by atoms with Crippen LogP contribution in [0.15, 0.2) is 24.3 Å². The third-order valence-corrected chi connectivity index (χ3v) is 7.16. The lowest BCUT2D eigenvalue weighted by atomic mass is 9.67. The van der Waals surface area contributed by atoms with E-state index in [1.807, 2.05) is 0 Å². The van der Waals surface area contributed by atoms with Crippen LogP contribution in [0.3, 0.4) is 0 Å². The number of ether oxygens (including phenoxy) is 1. The largest absolute Gasteiger partial charge is 0.371 e. The molecule has 3 N–H and O–H groups in total. The van der Waals surface area contributed by atoms with Gasteiger partial charge in [-0.05, 0) is 68.2 Å². The van der Waals surface area contributed by atoms with Gasteiger partial charge >= 0.3 is 6.03 Å². The van der Waals surface area contributed by atoms with Crippen LogP contribution in [0.1, 0.15) is 62.2 Å². The number of benzene rings is 1. The highest BCUT2D eigenvalue weighted by molar-refractivity contribution is 5.99. The van der Waals surface area contributed by atoms with Crippen molar-refractivity contribution in [3.8, 4) is 0 Å². The molecule has 2 saturated heterocycles. The number of carbonyl (C=O) groups excluding carboxylic acids is 4. The maximum atomic E-state index is 13.0. The monoisotopic (exact) mass is 470 g/mol. The van der Waals surface area contributed by atoms with E-state index in [1.165, 1.54) is 0 Å². The quantitative estimate of drug-likeness (QED) is 0.566. The van der Waals surface area contributed by atoms with Crippen molar-refractivity contribution in [3.05, 3.63) is 29.8 Å². The summed E-state index contributed by atoms with van der Waals surface area (Å²) < 4.78 is 5.13. The van der Waals surface area contributed by atoms with Gasteiger partial charge in [0.2, 0.25) is 5.91 Å². The van der Waals surface area contributed by atoms with Crippen LogP contribution in [-0.4, -0.2) is 66.9 Å². The maximum absolute atomic E-state index is 13.0. The summed E-state index contributed by atoms with van der Waals surface area (Å²) in [5.74, 6) is -0.891. The number of likely N-dealkylation sites (tertiary alicyclic amines) is 1. The minimum absolute atomic E-state index is 0.000332. The molecule has 0 bridgehead atoms. The molecular weight excluding hydrogens is 436 g/mol. The number of hydrogen-bond donors (Lipinski definition) is 3. The maximum Gasteiger partial charge on any atom is 0.321 e. The van der Waals surface area contributed by atoms with E-state index >= 15 is 0 Å². The van der Waals surface area contributed by atoms with E-state index < -0.39 is 12.1 Å². The zero-order chi connectivity index (χ0) is 24.1. The molecule has 9 nitrogen and oxygen atoms in total. The van der Waals surface area contributed by atoms with Crippen LogP contribution in [0.5, 0.6) is 0 Å². The fourth-order valence-electron chi connectivity index (χ4n) is 4.80. The molecule has 2 atom stereocenters. The summed E-state index contributed by atoms with van der Waals surface area (Å²) in [5.41, 5.74) is 1.00. The number of nitrogens with zero attached hydrogens (tertiary/aromatic N) is 1. The minimum atomic E-state index is -0.746. The second-order valence-electron chi connectivity index (χ2n) is 9.99. The smallest absolute Gasteiger partial charge is 0.321 e. The van der Waals surface area contributed by atoms with Crippen molar-refractivity contribution in [3.63, 3.8) is 0 Å². The van der Waals surface area contributed by atoms with Crippen molar-refractivity contribution >= 4 is 29.3 Å². The highest BCUT2D eigenvalue weighted by atomic mass is 16.5. The normalized spacial score (nSPS) is 22.4. The van der Waals surface area contributed by atoms with Gasteiger partial charge in [-0.1, -0.05) is 13.3 Å². The van der Waals surface area contributed by atoms with E-state index in [0.717, 1.165) is 51.6 Å². The molecule has 0 aromatic heterocycles. The van der Waals surface area contributed by atoms with Crippen molar-refractivity contribution in [1.29, 1.82) is 0 Å². The molecule has 2 heterocycles. The van der Waals surface area contributed by atoms with E-state index in [2.05, 4.69) is 22.9 Å². The van der Waals surface area contributed by atoms with E-state index in [0.29, 0.717) is 17.7 Å². The van der Waals surface area contributed by atoms with Crippen molar-refractivity contribution in [2.45, 2.75) is 64.0 Å². The first-order valence-corrected chi connectivity index (χ1v) is 12.2. The third-order valence-electron chi connectivity index (χ3n) is 7.16. The first kappa shape index (κ1) is 24.2. The number of urea groups is 1. The molecule has 1 aromatic rings. The fourth-order valence-corrected chi connectivity index (χ4v) is 4.80. The molecule has 1 aliphatic carbocycles. The Labute approximate surface area is 200 Å². The fraction of sp³-hybridized carbons (Fsp3) is 0.600. The van der Waals surface area contributed by atoms with Gasteiger partial charge in [-0.2, -0.15) is 0 Å². The zero-order valence-electron chi connectivity index (χ0n) is 19.7. The van der Waals surface area contributed by atoms with Crippen molar-refractivity contribution < 1.29 is 23.9 Å². The third kappa shape index (κ3) is 5.94. The average molecular weight is 471 g/mol. The van der Waals surface area contributed by atoms with E-state index in [4.69, 9.17) is 4.74 Å². The minimum Gasteiger partial charge on any atom is -0.371 e. The second kappa shape index (κ2) is 10.5. The Balaban J connectivity index is 1.37. The van der Waals surface area contributed by atoms with Gasteiger partial charge in [0.05, 0.1) is 6.61 Å². The van der Waals surface area contributed by atoms with Gasteiger partial charge in [0.1, 0.15) is 18.7 Å². The SMILES string of the molecule is CC1(CC(NC(=O)c2ccc(NC(=O)N3CCCCC3)cc2)C(=O)N[C@H]2COCC2=O)CCC1. The number of Topliss-reactive ketones (excluding diaryl/α,β-unsaturated/α-hetero) is 1. The number of anilines is 1. The van der Waals surface area contributed by atoms with E-state index in [9.17, 15) is 19.2 Å². The average Bonchev–Trinajstić information content (AvgIpc) is 3.22. The summed E-state index contributed by atoms with van der Waals surface area (Å²) in [5, 5.41) is 8.47. The summed E-state index contributed by atoms with van der Waals surface area (Å²) in [4.78, 5) is 52.0. The first-order valence-electron chi connectivity index (χ1n) is 12.2. The molecule has 3 aliphatic rings. The summed E-state index contributed by atoms with van der Waals surface area (Å²) in [7, 11) is 0. The Bertz CT molecular complexity index is 922. The predicted molar refractivity (Wildman–Crippen MR) is 126 cm³/mol. The molecule has 0 radical (unpaired) electrons. The van der Waals surface area contributed by atoms with Gasteiger partial charge in [0.15, 0.2) is 5.78 Å². The number of hydrogen-bond acceptors (Lipinski definition) is 5. The standard InChI is InChI=1S/C25H34N4O5/c1-25(10-5-11-25)14-19(23(32)28-20-15-34-16-21(20)30)27-22(31)17-6-8-18(9-7-17)26-24(33)29-12-3-2-4-13-29/h6-9,19-20H,2-5,10-16H2,1H3,(H,26,33)(H,27,31)(H,28,32)/t19?,20-/m0/s1. The second-order valence-corrected chi connectivity index (χ2v) is 9.99. The lowest BCUT2D eigenvalue weighted by molar-refractivity contribution is -0.128. The van der Waals surface area contributed by atoms with Gasteiger partial charge in [-0.3, -0.25) is 14.4 Å². The number of amides is 4. The molecule has 1 saturated carbocycles. The Morgan fingerprint density at radius 3 is 2.38 bits per heavy atom. The van der Waals surface area contributed by atoms with Crippen molar-refractivity contribution in [1.82, 2.24) is 15.5 Å². The lowest BCUT2D eigenvalue weighted by Gasteiger charge is -2.40. The van der Waals surface area contributed by atoms with Crippen LogP contribution in [0.2, 0.25) is 0 Å². The molecule has 1 unspecified atom stereocenters. The molecule has 4 rings (SSSR count). The number of nitrogens with one attached hydrogen (secondary N) is 3.